The molecule has 7 nitrogen and oxygen atoms in total. The van der Waals surface area contributed by atoms with E-state index >= 15 is 0 Å². The summed E-state index contributed by atoms with van der Waals surface area (Å²) in [6, 6.07) is 3.88. The smallest absolute Gasteiger partial charge is 0.306 e. The van der Waals surface area contributed by atoms with Gasteiger partial charge in [-0.25, -0.2) is 9.97 Å². The van der Waals surface area contributed by atoms with Crippen LogP contribution in [0.25, 0.3) is 10.3 Å². The molecule has 0 aliphatic carbocycles. The zero-order valence-electron chi connectivity index (χ0n) is 13.8. The third kappa shape index (κ3) is 3.54. The number of hydrogen-bond acceptors (Lipinski definition) is 7. The third-order valence-corrected chi connectivity index (χ3v) is 5.20. The lowest BCUT2D eigenvalue weighted by molar-refractivity contribution is -0.141. The van der Waals surface area contributed by atoms with Crippen molar-refractivity contribution < 1.29 is 14.3 Å². The number of methoxy groups -OCH3 is 1. The Kier molecular flexibility index (Phi) is 5.06. The minimum atomic E-state index is -0.206. The zero-order valence-corrected chi connectivity index (χ0v) is 14.6. The van der Waals surface area contributed by atoms with Gasteiger partial charge < -0.3 is 9.64 Å². The van der Waals surface area contributed by atoms with E-state index in [0.717, 1.165) is 16.9 Å². The van der Waals surface area contributed by atoms with Crippen LogP contribution in [0.3, 0.4) is 0 Å². The first kappa shape index (κ1) is 16.8. The molecule has 0 N–H and O–H groups in total. The van der Waals surface area contributed by atoms with E-state index in [1.165, 1.54) is 18.4 Å². The Bertz CT molecular complexity index is 715. The molecule has 1 saturated heterocycles. The molecule has 1 unspecified atom stereocenters. The molecule has 1 aliphatic rings. The van der Waals surface area contributed by atoms with E-state index in [1.54, 1.807) is 6.20 Å². The van der Waals surface area contributed by atoms with Crippen LogP contribution in [0.5, 0.6) is 0 Å². The topological polar surface area (TPSA) is 75.6 Å². The van der Waals surface area contributed by atoms with Gasteiger partial charge in [0.05, 0.1) is 13.5 Å². The predicted molar refractivity (Wildman–Crippen MR) is 91.0 cm³/mol. The van der Waals surface area contributed by atoms with Gasteiger partial charge in [-0.1, -0.05) is 11.3 Å². The second kappa shape index (κ2) is 7.23. The van der Waals surface area contributed by atoms with E-state index in [4.69, 9.17) is 0 Å². The molecule has 0 bridgehead atoms. The summed E-state index contributed by atoms with van der Waals surface area (Å²) < 4.78 is 4.68. The van der Waals surface area contributed by atoms with Gasteiger partial charge in [0.25, 0.3) is 5.91 Å². The lowest BCUT2D eigenvalue weighted by Crippen LogP contribution is -2.53. The van der Waals surface area contributed by atoms with Crippen LogP contribution in [-0.4, -0.2) is 71.0 Å². The van der Waals surface area contributed by atoms with Gasteiger partial charge in [-0.2, -0.15) is 0 Å². The molecule has 1 fully saturated rings. The predicted octanol–water partition coefficient (Wildman–Crippen LogP) is 1.40. The van der Waals surface area contributed by atoms with Crippen molar-refractivity contribution in [1.29, 1.82) is 0 Å². The summed E-state index contributed by atoms with van der Waals surface area (Å²) in [5.41, 5.74) is 0.760. The van der Waals surface area contributed by atoms with Crippen molar-refractivity contribution in [2.24, 2.45) is 0 Å². The Morgan fingerprint density at radius 1 is 1.42 bits per heavy atom. The van der Waals surface area contributed by atoms with Crippen molar-refractivity contribution in [3.8, 4) is 0 Å². The van der Waals surface area contributed by atoms with Crippen LogP contribution in [0.2, 0.25) is 0 Å². The Morgan fingerprint density at radius 3 is 2.96 bits per heavy atom. The Labute approximate surface area is 144 Å². The summed E-state index contributed by atoms with van der Waals surface area (Å²) in [6.07, 6.45) is 2.08. The lowest BCUT2D eigenvalue weighted by atomic mass is 10.2. The quantitative estimate of drug-likeness (QED) is 0.778. The van der Waals surface area contributed by atoms with Crippen LogP contribution in [0.4, 0.5) is 0 Å². The lowest BCUT2D eigenvalue weighted by Gasteiger charge is -2.39. The number of aromatic nitrogens is 2. The Morgan fingerprint density at radius 2 is 2.25 bits per heavy atom. The van der Waals surface area contributed by atoms with Gasteiger partial charge in [-0.05, 0) is 19.1 Å². The van der Waals surface area contributed by atoms with E-state index in [-0.39, 0.29) is 17.9 Å². The molecular weight excluding hydrogens is 328 g/mol. The monoisotopic (exact) mass is 348 g/mol. The third-order valence-electron chi connectivity index (χ3n) is 4.23. The number of piperazine rings is 1. The first-order valence-corrected chi connectivity index (χ1v) is 8.72. The number of fused-ring (bicyclic) bond motifs is 1. The van der Waals surface area contributed by atoms with Crippen LogP contribution < -0.4 is 0 Å². The van der Waals surface area contributed by atoms with E-state index in [2.05, 4.69) is 26.5 Å². The highest BCUT2D eigenvalue weighted by molar-refractivity contribution is 7.19. The minimum Gasteiger partial charge on any atom is -0.469 e. The molecule has 128 valence electrons. The van der Waals surface area contributed by atoms with E-state index in [1.807, 2.05) is 17.0 Å². The number of ether oxygens (including phenoxy) is 1. The Balaban J connectivity index is 1.62. The molecule has 0 aromatic carbocycles. The maximum atomic E-state index is 12.7. The van der Waals surface area contributed by atoms with Crippen molar-refractivity contribution in [2.75, 3.05) is 33.3 Å². The second-order valence-corrected chi connectivity index (χ2v) is 6.79. The van der Waals surface area contributed by atoms with Gasteiger partial charge in [0.15, 0.2) is 5.01 Å². The van der Waals surface area contributed by atoms with Gasteiger partial charge >= 0.3 is 5.97 Å². The fourth-order valence-corrected chi connectivity index (χ4v) is 3.72. The number of carbonyl (C=O) groups is 2. The number of hydrogen-bond donors (Lipinski definition) is 0. The van der Waals surface area contributed by atoms with Crippen LogP contribution in [0.1, 0.15) is 23.1 Å². The molecule has 3 rings (SSSR count). The molecule has 24 heavy (non-hydrogen) atoms. The molecule has 0 saturated carbocycles. The standard InChI is InChI=1S/C16H20N4O3S/c1-11-10-20(9-8-19(11)7-5-13(21)23-2)16(22)15-18-12-4-3-6-17-14(12)24-15/h3-4,6,11H,5,7-10H2,1-2H3. The first-order valence-electron chi connectivity index (χ1n) is 7.90. The van der Waals surface area contributed by atoms with Crippen LogP contribution in [0, 0.1) is 0 Å². The van der Waals surface area contributed by atoms with E-state index in [9.17, 15) is 9.59 Å². The number of esters is 1. The van der Waals surface area contributed by atoms with Crippen molar-refractivity contribution in [3.05, 3.63) is 23.3 Å². The first-order chi connectivity index (χ1) is 11.6. The maximum Gasteiger partial charge on any atom is 0.306 e. The van der Waals surface area contributed by atoms with Crippen molar-refractivity contribution in [3.63, 3.8) is 0 Å². The van der Waals surface area contributed by atoms with Crippen LogP contribution >= 0.6 is 11.3 Å². The van der Waals surface area contributed by atoms with Gasteiger partial charge in [-0.15, -0.1) is 0 Å². The molecule has 8 heteroatoms. The van der Waals surface area contributed by atoms with Gasteiger partial charge in [-0.3, -0.25) is 14.5 Å². The normalized spacial score (nSPS) is 18.8. The average Bonchev–Trinajstić information content (AvgIpc) is 3.03. The van der Waals surface area contributed by atoms with E-state index in [0.29, 0.717) is 31.1 Å². The molecule has 2 aromatic heterocycles. The number of rotatable bonds is 4. The molecule has 0 radical (unpaired) electrons. The Hall–Kier alpha value is -2.06. The van der Waals surface area contributed by atoms with Crippen molar-refractivity contribution in [2.45, 2.75) is 19.4 Å². The fraction of sp³-hybridized carbons (Fsp3) is 0.500. The van der Waals surface area contributed by atoms with Gasteiger partial charge in [0.2, 0.25) is 0 Å². The number of nitrogens with zero attached hydrogens (tertiary/aromatic N) is 4. The number of amides is 1. The zero-order chi connectivity index (χ0) is 17.1. The van der Waals surface area contributed by atoms with E-state index < -0.39 is 0 Å². The summed E-state index contributed by atoms with van der Waals surface area (Å²) >= 11 is 1.33. The highest BCUT2D eigenvalue weighted by Crippen LogP contribution is 2.22. The molecule has 0 spiro atoms. The highest BCUT2D eigenvalue weighted by atomic mass is 32.1. The molecule has 1 atom stereocenters. The molecule has 3 heterocycles. The summed E-state index contributed by atoms with van der Waals surface area (Å²) in [5, 5.41) is 0.485. The SMILES string of the molecule is COC(=O)CCN1CCN(C(=O)c2nc3cccnc3s2)CC1C. The molecule has 1 amide bonds. The fourth-order valence-electron chi connectivity index (χ4n) is 2.85. The van der Waals surface area contributed by atoms with Gasteiger partial charge in [0.1, 0.15) is 10.3 Å². The summed E-state index contributed by atoms with van der Waals surface area (Å²) in [4.78, 5) is 37.4. The number of thiazole rings is 1. The number of carbonyl (C=O) groups excluding carboxylic acids is 2. The molecular formula is C16H20N4O3S. The van der Waals surface area contributed by atoms with Crippen LogP contribution in [-0.2, 0) is 9.53 Å². The van der Waals surface area contributed by atoms with Crippen molar-refractivity contribution in [1.82, 2.24) is 19.8 Å². The summed E-state index contributed by atoms with van der Waals surface area (Å²) in [6.45, 7) is 4.72. The molecule has 2 aromatic rings. The average molecular weight is 348 g/mol. The van der Waals surface area contributed by atoms with Gasteiger partial charge in [0, 0.05) is 38.4 Å². The molecule has 1 aliphatic heterocycles. The van der Waals surface area contributed by atoms with Crippen molar-refractivity contribution >= 4 is 33.6 Å². The minimum absolute atomic E-state index is 0.0440. The van der Waals surface area contributed by atoms with Crippen LogP contribution in [0.15, 0.2) is 18.3 Å². The largest absolute Gasteiger partial charge is 0.469 e. The summed E-state index contributed by atoms with van der Waals surface area (Å²) in [5.74, 6) is -0.250. The highest BCUT2D eigenvalue weighted by Gasteiger charge is 2.29. The second-order valence-electron chi connectivity index (χ2n) is 5.81. The maximum absolute atomic E-state index is 12.7. The number of pyridine rings is 1. The summed E-state index contributed by atoms with van der Waals surface area (Å²) in [7, 11) is 1.40.